The van der Waals surface area contributed by atoms with Crippen molar-refractivity contribution in [3.8, 4) is 0 Å². The van der Waals surface area contributed by atoms with E-state index in [1.54, 1.807) is 11.1 Å². The molecule has 1 aromatic rings. The Bertz CT molecular complexity index is 453. The minimum atomic E-state index is 0.548. The highest BCUT2D eigenvalue weighted by molar-refractivity contribution is 5.39. The van der Waals surface area contributed by atoms with Crippen molar-refractivity contribution in [3.05, 3.63) is 35.4 Å². The number of benzene rings is 1. The Morgan fingerprint density at radius 2 is 2.00 bits per heavy atom. The molecule has 0 bridgehead atoms. The number of rotatable bonds is 8. The summed E-state index contributed by atoms with van der Waals surface area (Å²) in [5.41, 5.74) is 3.17. The molecule has 1 N–H and O–H groups in total. The van der Waals surface area contributed by atoms with Crippen LogP contribution in [0.2, 0.25) is 0 Å². The van der Waals surface area contributed by atoms with Crippen molar-refractivity contribution in [3.63, 3.8) is 0 Å². The largest absolute Gasteiger partial charge is 0.378 e. The van der Waals surface area contributed by atoms with Gasteiger partial charge in [-0.25, -0.2) is 0 Å². The Labute approximate surface area is 129 Å². The first-order valence-electron chi connectivity index (χ1n) is 8.72. The predicted molar refractivity (Wildman–Crippen MR) is 87.7 cm³/mol. The van der Waals surface area contributed by atoms with Crippen molar-refractivity contribution < 1.29 is 4.74 Å². The van der Waals surface area contributed by atoms with Crippen LogP contribution in [0.1, 0.15) is 56.6 Å². The van der Waals surface area contributed by atoms with Gasteiger partial charge in [0.2, 0.25) is 0 Å². The Hall–Kier alpha value is -0.860. The van der Waals surface area contributed by atoms with Crippen molar-refractivity contribution in [2.24, 2.45) is 5.92 Å². The molecule has 2 atom stereocenters. The lowest BCUT2D eigenvalue weighted by atomic mass is 9.71. The van der Waals surface area contributed by atoms with E-state index in [2.05, 4.69) is 43.4 Å². The van der Waals surface area contributed by atoms with E-state index in [-0.39, 0.29) is 0 Å². The zero-order chi connectivity index (χ0) is 14.7. The molecule has 0 aromatic heterocycles. The summed E-state index contributed by atoms with van der Waals surface area (Å²) in [6, 6.07) is 9.64. The van der Waals surface area contributed by atoms with Crippen LogP contribution in [0.3, 0.4) is 0 Å². The van der Waals surface area contributed by atoms with Gasteiger partial charge in [-0.15, -0.1) is 0 Å². The molecular formula is C19H29NO. The van der Waals surface area contributed by atoms with Gasteiger partial charge in [0.25, 0.3) is 0 Å². The summed E-state index contributed by atoms with van der Waals surface area (Å²) in [5.74, 6) is 1.66. The van der Waals surface area contributed by atoms with Crippen LogP contribution in [0.4, 0.5) is 0 Å². The highest BCUT2D eigenvalue weighted by Gasteiger charge is 2.33. The molecule has 21 heavy (non-hydrogen) atoms. The van der Waals surface area contributed by atoms with Gasteiger partial charge in [-0.05, 0) is 68.5 Å². The van der Waals surface area contributed by atoms with E-state index in [4.69, 9.17) is 4.74 Å². The molecular weight excluding hydrogens is 258 g/mol. The van der Waals surface area contributed by atoms with Crippen LogP contribution in [0.5, 0.6) is 0 Å². The van der Waals surface area contributed by atoms with Crippen molar-refractivity contribution in [2.75, 3.05) is 13.2 Å². The molecule has 116 valence electrons. The summed E-state index contributed by atoms with van der Waals surface area (Å²) in [6.07, 6.45) is 7.02. The van der Waals surface area contributed by atoms with Crippen molar-refractivity contribution in [2.45, 2.75) is 64.0 Å². The minimum Gasteiger partial charge on any atom is -0.378 e. The summed E-state index contributed by atoms with van der Waals surface area (Å²) < 4.78 is 5.69. The monoisotopic (exact) mass is 287 g/mol. The van der Waals surface area contributed by atoms with E-state index in [9.17, 15) is 0 Å². The van der Waals surface area contributed by atoms with Crippen LogP contribution >= 0.6 is 0 Å². The zero-order valence-electron chi connectivity index (χ0n) is 13.5. The molecule has 0 amide bonds. The molecule has 0 radical (unpaired) electrons. The highest BCUT2D eigenvalue weighted by Crippen LogP contribution is 2.40. The minimum absolute atomic E-state index is 0.548. The maximum Gasteiger partial charge on any atom is 0.0580 e. The lowest BCUT2D eigenvalue weighted by Gasteiger charge is -2.39. The van der Waals surface area contributed by atoms with Gasteiger partial charge in [0.05, 0.1) is 6.10 Å². The average molecular weight is 287 g/mol. The van der Waals surface area contributed by atoms with Crippen LogP contribution in [-0.4, -0.2) is 25.3 Å². The van der Waals surface area contributed by atoms with E-state index in [1.807, 2.05) is 0 Å². The number of hydrogen-bond acceptors (Lipinski definition) is 2. The second kappa shape index (κ2) is 6.93. The number of fused-ring (bicyclic) bond motifs is 1. The van der Waals surface area contributed by atoms with Gasteiger partial charge in [0.15, 0.2) is 0 Å². The lowest BCUT2D eigenvalue weighted by molar-refractivity contribution is -0.0294. The van der Waals surface area contributed by atoms with Crippen LogP contribution < -0.4 is 5.32 Å². The average Bonchev–Trinajstić information content (AvgIpc) is 2.42. The molecule has 2 aliphatic carbocycles. The fraction of sp³-hybridized carbons (Fsp3) is 0.684. The van der Waals surface area contributed by atoms with Crippen LogP contribution in [0.25, 0.3) is 0 Å². The molecule has 3 rings (SSSR count). The first-order chi connectivity index (χ1) is 10.3. The molecule has 0 heterocycles. The Balaban J connectivity index is 1.48. The second-order valence-electron chi connectivity index (χ2n) is 6.74. The maximum absolute atomic E-state index is 5.69. The third-order valence-corrected chi connectivity index (χ3v) is 5.24. The summed E-state index contributed by atoms with van der Waals surface area (Å²) in [4.78, 5) is 0. The summed E-state index contributed by atoms with van der Waals surface area (Å²) in [7, 11) is 0. The van der Waals surface area contributed by atoms with Gasteiger partial charge in [0, 0.05) is 12.6 Å². The topological polar surface area (TPSA) is 21.3 Å². The molecule has 1 saturated carbocycles. The van der Waals surface area contributed by atoms with Gasteiger partial charge in [-0.1, -0.05) is 31.2 Å². The summed E-state index contributed by atoms with van der Waals surface area (Å²) >= 11 is 0. The van der Waals surface area contributed by atoms with Gasteiger partial charge < -0.3 is 10.1 Å². The molecule has 1 aromatic carbocycles. The van der Waals surface area contributed by atoms with Crippen molar-refractivity contribution in [1.29, 1.82) is 0 Å². The summed E-state index contributed by atoms with van der Waals surface area (Å²) in [5, 5.41) is 3.72. The standard InChI is InChI=1S/C19H29NO/c1-3-20-17(9-14-10-18(11-14)21-4-2)13-16-12-15-7-5-6-8-19(15)16/h5-8,14,16-18,20H,3-4,9-13H2,1-2H3. The smallest absolute Gasteiger partial charge is 0.0580 e. The quantitative estimate of drug-likeness (QED) is 0.783. The third kappa shape index (κ3) is 3.49. The fourth-order valence-electron chi connectivity index (χ4n) is 4.11. The van der Waals surface area contributed by atoms with Gasteiger partial charge in [-0.3, -0.25) is 0 Å². The van der Waals surface area contributed by atoms with E-state index in [0.29, 0.717) is 12.1 Å². The number of nitrogens with one attached hydrogen (secondary N) is 1. The number of hydrogen-bond donors (Lipinski definition) is 1. The van der Waals surface area contributed by atoms with Crippen molar-refractivity contribution in [1.82, 2.24) is 5.32 Å². The number of ether oxygens (including phenoxy) is 1. The van der Waals surface area contributed by atoms with Gasteiger partial charge >= 0.3 is 0 Å². The van der Waals surface area contributed by atoms with Gasteiger partial charge in [-0.2, -0.15) is 0 Å². The van der Waals surface area contributed by atoms with E-state index < -0.39 is 0 Å². The normalized spacial score (nSPS) is 28.4. The second-order valence-corrected chi connectivity index (χ2v) is 6.74. The zero-order valence-corrected chi connectivity index (χ0v) is 13.5. The fourth-order valence-corrected chi connectivity index (χ4v) is 4.11. The maximum atomic E-state index is 5.69. The SMILES string of the molecule is CCNC(CC1CC(OCC)C1)CC1Cc2ccccc21. The molecule has 2 unspecified atom stereocenters. The van der Waals surface area contributed by atoms with Crippen molar-refractivity contribution >= 4 is 0 Å². The molecule has 0 saturated heterocycles. The lowest BCUT2D eigenvalue weighted by Crippen LogP contribution is -2.39. The predicted octanol–water partition coefficient (Wildman–Crippen LogP) is 3.90. The molecule has 1 fully saturated rings. The van der Waals surface area contributed by atoms with Gasteiger partial charge in [0.1, 0.15) is 0 Å². The highest BCUT2D eigenvalue weighted by atomic mass is 16.5. The Kier molecular flexibility index (Phi) is 4.97. The first-order valence-corrected chi connectivity index (χ1v) is 8.72. The first kappa shape index (κ1) is 15.1. The molecule has 0 aliphatic heterocycles. The van der Waals surface area contributed by atoms with E-state index in [1.165, 1.54) is 32.1 Å². The van der Waals surface area contributed by atoms with E-state index in [0.717, 1.165) is 25.0 Å². The van der Waals surface area contributed by atoms with Crippen LogP contribution in [-0.2, 0) is 11.2 Å². The third-order valence-electron chi connectivity index (χ3n) is 5.24. The molecule has 2 nitrogen and oxygen atoms in total. The summed E-state index contributed by atoms with van der Waals surface area (Å²) in [6.45, 7) is 6.28. The van der Waals surface area contributed by atoms with Crippen LogP contribution in [0, 0.1) is 5.92 Å². The molecule has 0 spiro atoms. The Morgan fingerprint density at radius 1 is 1.19 bits per heavy atom. The van der Waals surface area contributed by atoms with Crippen LogP contribution in [0.15, 0.2) is 24.3 Å². The molecule has 2 aliphatic rings. The molecule has 2 heteroatoms. The van der Waals surface area contributed by atoms with E-state index >= 15 is 0 Å². The Morgan fingerprint density at radius 3 is 2.71 bits per heavy atom.